The second-order valence-corrected chi connectivity index (χ2v) is 5.39. The van der Waals surface area contributed by atoms with Crippen molar-refractivity contribution >= 4 is 6.29 Å². The van der Waals surface area contributed by atoms with Crippen LogP contribution in [-0.2, 0) is 4.79 Å². The summed E-state index contributed by atoms with van der Waals surface area (Å²) in [5.74, 6) is -0.0691. The molecule has 0 aromatic carbocycles. The van der Waals surface area contributed by atoms with Crippen LogP contribution in [0.25, 0.3) is 0 Å². The Kier molecular flexibility index (Phi) is 3.50. The molecule has 0 saturated heterocycles. The van der Waals surface area contributed by atoms with Crippen LogP contribution in [0.1, 0.15) is 20.3 Å². The van der Waals surface area contributed by atoms with E-state index in [1.54, 1.807) is 0 Å². The van der Waals surface area contributed by atoms with E-state index in [1.165, 1.54) is 5.57 Å². The van der Waals surface area contributed by atoms with Crippen molar-refractivity contribution in [3.63, 3.8) is 0 Å². The smallest absolute Gasteiger partial charge is 0.131 e. The predicted octanol–water partition coefficient (Wildman–Crippen LogP) is 2.28. The van der Waals surface area contributed by atoms with Crippen LogP contribution in [0.3, 0.4) is 0 Å². The first-order valence-corrected chi connectivity index (χ1v) is 5.35. The topological polar surface area (TPSA) is 20.3 Å². The third kappa shape index (κ3) is 3.03. The van der Waals surface area contributed by atoms with Gasteiger partial charge in [0.05, 0.1) is 5.92 Å². The summed E-state index contributed by atoms with van der Waals surface area (Å²) in [5, 5.41) is 0. The first kappa shape index (κ1) is 12.2. The van der Waals surface area contributed by atoms with Gasteiger partial charge in [0.2, 0.25) is 0 Å². The van der Waals surface area contributed by atoms with Crippen LogP contribution >= 0.6 is 0 Å². The van der Waals surface area contributed by atoms with Gasteiger partial charge in [0, 0.05) is 6.54 Å². The molecule has 0 saturated carbocycles. The van der Waals surface area contributed by atoms with Crippen LogP contribution in [0, 0.1) is 11.3 Å². The number of rotatable bonds is 3. The molecule has 0 aliphatic heterocycles. The number of hydrogen-bond donors (Lipinski definition) is 0. The summed E-state index contributed by atoms with van der Waals surface area (Å²) in [6.07, 6.45) is 4.17. The Morgan fingerprint density at radius 1 is 1.60 bits per heavy atom. The zero-order valence-corrected chi connectivity index (χ0v) is 10.2. The minimum absolute atomic E-state index is 0.0691. The zero-order chi connectivity index (χ0) is 11.6. The minimum atomic E-state index is -0.0691. The Bertz CT molecular complexity index is 300. The Morgan fingerprint density at radius 2 is 2.20 bits per heavy atom. The van der Waals surface area contributed by atoms with Crippen molar-refractivity contribution in [3.8, 4) is 0 Å². The number of allylic oxidation sites excluding steroid dienone is 2. The van der Waals surface area contributed by atoms with Gasteiger partial charge in [0.25, 0.3) is 0 Å². The maximum absolute atomic E-state index is 11.1. The quantitative estimate of drug-likeness (QED) is 0.522. The van der Waals surface area contributed by atoms with E-state index in [4.69, 9.17) is 0 Å². The molecule has 0 amide bonds. The lowest BCUT2D eigenvalue weighted by Gasteiger charge is -2.34. The summed E-state index contributed by atoms with van der Waals surface area (Å²) in [6, 6.07) is 0. The maximum Gasteiger partial charge on any atom is 0.131 e. The molecule has 0 N–H and O–H groups in total. The molecule has 1 rings (SSSR count). The van der Waals surface area contributed by atoms with Gasteiger partial charge in [-0.3, -0.25) is 0 Å². The molecule has 2 heteroatoms. The highest BCUT2D eigenvalue weighted by Gasteiger charge is 2.29. The molecular formula is C13H21NO. The molecule has 0 aromatic rings. The number of nitrogens with zero attached hydrogens (tertiary/aromatic N) is 1. The van der Waals surface area contributed by atoms with Crippen molar-refractivity contribution in [3.05, 3.63) is 23.8 Å². The lowest BCUT2D eigenvalue weighted by molar-refractivity contribution is -0.109. The van der Waals surface area contributed by atoms with Gasteiger partial charge in [-0.05, 0) is 31.5 Å². The minimum Gasteiger partial charge on any atom is -0.305 e. The molecule has 15 heavy (non-hydrogen) atoms. The fraction of sp³-hybridized carbons (Fsp3) is 0.615. The first-order chi connectivity index (χ1) is 6.85. The van der Waals surface area contributed by atoms with Crippen molar-refractivity contribution in [2.75, 3.05) is 20.6 Å². The Hall–Kier alpha value is -0.890. The summed E-state index contributed by atoms with van der Waals surface area (Å²) in [7, 11) is 4.04. The molecule has 0 heterocycles. The average Bonchev–Trinajstić information content (AvgIpc) is 1.99. The summed E-state index contributed by atoms with van der Waals surface area (Å²) >= 11 is 0. The van der Waals surface area contributed by atoms with Gasteiger partial charge in [-0.25, -0.2) is 0 Å². The van der Waals surface area contributed by atoms with Gasteiger partial charge >= 0.3 is 0 Å². The van der Waals surface area contributed by atoms with Crippen molar-refractivity contribution in [2.45, 2.75) is 20.3 Å². The SMILES string of the molecule is C=C1CC(C)(C)C=C(CN(C)C)C1C=O. The van der Waals surface area contributed by atoms with E-state index in [2.05, 4.69) is 31.4 Å². The Balaban J connectivity index is 2.99. The van der Waals surface area contributed by atoms with E-state index in [0.29, 0.717) is 0 Å². The molecule has 1 aliphatic carbocycles. The fourth-order valence-electron chi connectivity index (χ4n) is 2.29. The third-order valence-corrected chi connectivity index (χ3v) is 2.73. The van der Waals surface area contributed by atoms with Gasteiger partial charge in [-0.2, -0.15) is 0 Å². The molecule has 0 radical (unpaired) electrons. The third-order valence-electron chi connectivity index (χ3n) is 2.73. The summed E-state index contributed by atoms with van der Waals surface area (Å²) < 4.78 is 0. The first-order valence-electron chi connectivity index (χ1n) is 5.35. The van der Waals surface area contributed by atoms with Crippen LogP contribution in [-0.4, -0.2) is 31.8 Å². The molecule has 0 aromatic heterocycles. The van der Waals surface area contributed by atoms with Crippen LogP contribution in [0.15, 0.2) is 23.8 Å². The summed E-state index contributed by atoms with van der Waals surface area (Å²) in [4.78, 5) is 13.1. The predicted molar refractivity (Wildman–Crippen MR) is 63.7 cm³/mol. The molecule has 1 atom stereocenters. The van der Waals surface area contributed by atoms with Crippen molar-refractivity contribution in [1.82, 2.24) is 4.90 Å². The molecule has 2 nitrogen and oxygen atoms in total. The number of likely N-dealkylation sites (N-methyl/N-ethyl adjacent to an activating group) is 1. The summed E-state index contributed by atoms with van der Waals surface area (Å²) in [6.45, 7) is 9.25. The van der Waals surface area contributed by atoms with E-state index in [0.717, 1.165) is 24.8 Å². The van der Waals surface area contributed by atoms with Crippen molar-refractivity contribution in [1.29, 1.82) is 0 Å². The number of carbonyl (C=O) groups is 1. The van der Waals surface area contributed by atoms with E-state index >= 15 is 0 Å². The van der Waals surface area contributed by atoms with Crippen LogP contribution in [0.4, 0.5) is 0 Å². The lowest BCUT2D eigenvalue weighted by Crippen LogP contribution is -2.28. The molecular weight excluding hydrogens is 186 g/mol. The molecule has 84 valence electrons. The van der Waals surface area contributed by atoms with E-state index in [1.807, 2.05) is 14.1 Å². The monoisotopic (exact) mass is 207 g/mol. The molecule has 1 aliphatic rings. The largest absolute Gasteiger partial charge is 0.305 e. The van der Waals surface area contributed by atoms with Crippen molar-refractivity contribution in [2.24, 2.45) is 11.3 Å². The van der Waals surface area contributed by atoms with Gasteiger partial charge in [-0.1, -0.05) is 32.1 Å². The molecule has 0 bridgehead atoms. The Morgan fingerprint density at radius 3 is 2.67 bits per heavy atom. The Labute approximate surface area is 92.7 Å². The second kappa shape index (κ2) is 4.31. The highest BCUT2D eigenvalue weighted by Crippen LogP contribution is 2.38. The van der Waals surface area contributed by atoms with Crippen LogP contribution < -0.4 is 0 Å². The number of hydrogen-bond acceptors (Lipinski definition) is 2. The van der Waals surface area contributed by atoms with Gasteiger partial charge in [0.1, 0.15) is 6.29 Å². The van der Waals surface area contributed by atoms with Gasteiger partial charge < -0.3 is 9.69 Å². The van der Waals surface area contributed by atoms with E-state index < -0.39 is 0 Å². The number of aldehydes is 1. The fourth-order valence-corrected chi connectivity index (χ4v) is 2.29. The summed E-state index contributed by atoms with van der Waals surface area (Å²) in [5.41, 5.74) is 2.38. The van der Waals surface area contributed by atoms with Crippen LogP contribution in [0.2, 0.25) is 0 Å². The highest BCUT2D eigenvalue weighted by molar-refractivity contribution is 5.65. The van der Waals surface area contributed by atoms with Crippen LogP contribution in [0.5, 0.6) is 0 Å². The lowest BCUT2D eigenvalue weighted by atomic mass is 9.72. The highest BCUT2D eigenvalue weighted by atomic mass is 16.1. The molecule has 1 unspecified atom stereocenters. The van der Waals surface area contributed by atoms with E-state index in [9.17, 15) is 4.79 Å². The second-order valence-electron chi connectivity index (χ2n) is 5.39. The van der Waals surface area contributed by atoms with Crippen molar-refractivity contribution < 1.29 is 4.79 Å². The zero-order valence-electron chi connectivity index (χ0n) is 10.2. The van der Waals surface area contributed by atoms with E-state index in [-0.39, 0.29) is 11.3 Å². The normalized spacial score (nSPS) is 25.3. The number of carbonyl (C=O) groups excluding carboxylic acids is 1. The van der Waals surface area contributed by atoms with Gasteiger partial charge in [0.15, 0.2) is 0 Å². The average molecular weight is 207 g/mol. The van der Waals surface area contributed by atoms with Gasteiger partial charge in [-0.15, -0.1) is 0 Å². The molecule has 0 spiro atoms. The standard InChI is InChI=1S/C13H21NO/c1-10-6-13(2,3)7-11(8-14(4)5)12(10)9-15/h7,9,12H,1,6,8H2,2-5H3. The molecule has 0 fully saturated rings. The maximum atomic E-state index is 11.1.